The van der Waals surface area contributed by atoms with E-state index in [-0.39, 0.29) is 56.4 Å². The first-order chi connectivity index (χ1) is 26.0. The largest absolute Gasteiger partial charge is 0.489 e. The van der Waals surface area contributed by atoms with Gasteiger partial charge in [-0.25, -0.2) is 9.18 Å². The minimum atomic E-state index is -1.37. The summed E-state index contributed by atoms with van der Waals surface area (Å²) in [6.45, 7) is 12.6. The fourth-order valence-electron chi connectivity index (χ4n) is 8.44. The van der Waals surface area contributed by atoms with Crippen LogP contribution in [0, 0.1) is 23.6 Å². The lowest BCUT2D eigenvalue weighted by Gasteiger charge is -2.60. The predicted molar refractivity (Wildman–Crippen MR) is 206 cm³/mol. The van der Waals surface area contributed by atoms with E-state index in [9.17, 15) is 19.4 Å². The Hall–Kier alpha value is -3.93. The van der Waals surface area contributed by atoms with Crippen molar-refractivity contribution in [1.82, 2.24) is 4.90 Å². The summed E-state index contributed by atoms with van der Waals surface area (Å²) in [5.41, 5.74) is 2.46. The summed E-state index contributed by atoms with van der Waals surface area (Å²) >= 11 is 0. The number of halogens is 1. The van der Waals surface area contributed by atoms with Crippen molar-refractivity contribution in [2.24, 2.45) is 22.9 Å². The van der Waals surface area contributed by atoms with Gasteiger partial charge >= 0.3 is 6.09 Å². The van der Waals surface area contributed by atoms with E-state index in [4.69, 9.17) is 28.9 Å². The van der Waals surface area contributed by atoms with Gasteiger partial charge in [0.25, 0.3) is 0 Å². The molecule has 1 amide bonds. The van der Waals surface area contributed by atoms with Crippen molar-refractivity contribution < 1.29 is 43.2 Å². The Morgan fingerprint density at radius 2 is 1.85 bits per heavy atom. The summed E-state index contributed by atoms with van der Waals surface area (Å²) in [5.74, 6) is -1.05. The molecule has 0 radical (unpaired) electrons. The van der Waals surface area contributed by atoms with E-state index in [1.165, 1.54) is 13.2 Å². The van der Waals surface area contributed by atoms with Crippen LogP contribution in [0.1, 0.15) is 96.1 Å². The molecule has 2 N–H and O–H groups in total. The molecule has 0 saturated heterocycles. The van der Waals surface area contributed by atoms with E-state index < -0.39 is 29.4 Å². The summed E-state index contributed by atoms with van der Waals surface area (Å²) < 4.78 is 40.4. The number of oxime groups is 1. The maximum absolute atomic E-state index is 14.6. The maximum atomic E-state index is 14.6. The molecular weight excluding hydrogens is 691 g/mol. The normalized spacial score (nSPS) is 25.1. The Balaban J connectivity index is 1.76. The topological polar surface area (TPSA) is 119 Å². The molecule has 2 aliphatic carbocycles. The zero-order valence-electron chi connectivity index (χ0n) is 32.6. The first-order valence-electron chi connectivity index (χ1n) is 19.5. The van der Waals surface area contributed by atoms with Gasteiger partial charge in [-0.2, -0.15) is 0 Å². The number of methoxy groups -OCH3 is 1. The molecule has 2 aromatic carbocycles. The lowest BCUT2D eigenvalue weighted by atomic mass is 9.55. The van der Waals surface area contributed by atoms with Crippen molar-refractivity contribution in [3.8, 4) is 11.5 Å². The number of unbranched alkanes of at least 4 members (excludes halogenated alkanes) is 2. The van der Waals surface area contributed by atoms with Gasteiger partial charge in [0.15, 0.2) is 0 Å². The third kappa shape index (κ3) is 9.12. The number of benzene rings is 2. The number of allylic oxidation sites excluding steroid dienone is 1. The zero-order chi connectivity index (χ0) is 38.9. The van der Waals surface area contributed by atoms with Gasteiger partial charge in [0, 0.05) is 43.2 Å². The van der Waals surface area contributed by atoms with Crippen molar-refractivity contribution in [3.63, 3.8) is 0 Å². The zero-order valence-corrected chi connectivity index (χ0v) is 32.6. The SMILES string of the molecule is C=CCOC12Oc3ccc(OCc4ccccc4F)cc3C3C(CCCCO)C(CCCCO)C=C(C(=NOC(C)(C)C)CC1N(CCC)C(=O)OC)C32. The van der Waals surface area contributed by atoms with Crippen LogP contribution in [0.15, 0.2) is 71.9 Å². The molecule has 1 heterocycles. The Morgan fingerprint density at radius 1 is 1.11 bits per heavy atom. The smallest absolute Gasteiger partial charge is 0.409 e. The number of carbonyl (C=O) groups is 1. The molecule has 11 heteroatoms. The van der Waals surface area contributed by atoms with Gasteiger partial charge in [-0.15, -0.1) is 6.58 Å². The van der Waals surface area contributed by atoms with Gasteiger partial charge < -0.3 is 34.0 Å². The molecule has 296 valence electrons. The van der Waals surface area contributed by atoms with Crippen LogP contribution in [0.5, 0.6) is 11.5 Å². The van der Waals surface area contributed by atoms with Crippen molar-refractivity contribution >= 4 is 11.8 Å². The highest BCUT2D eigenvalue weighted by atomic mass is 19.1. The molecule has 1 saturated carbocycles. The number of carbonyl (C=O) groups excluding carboxylic acids is 1. The van der Waals surface area contributed by atoms with E-state index in [1.54, 1.807) is 29.2 Å². The molecule has 1 fully saturated rings. The Kier molecular flexibility index (Phi) is 14.2. The Labute approximate surface area is 319 Å². The van der Waals surface area contributed by atoms with Crippen LogP contribution in [0.3, 0.4) is 0 Å². The summed E-state index contributed by atoms with van der Waals surface area (Å²) in [5, 5.41) is 24.5. The summed E-state index contributed by atoms with van der Waals surface area (Å²) in [6.07, 6.45) is 9.05. The fraction of sp³-hybridized carbons (Fsp3) is 0.581. The monoisotopic (exact) mass is 750 g/mol. The molecule has 1 aliphatic heterocycles. The average molecular weight is 751 g/mol. The van der Waals surface area contributed by atoms with E-state index in [0.717, 1.165) is 36.8 Å². The van der Waals surface area contributed by atoms with E-state index in [2.05, 4.69) is 12.7 Å². The van der Waals surface area contributed by atoms with Crippen LogP contribution in [-0.2, 0) is 20.9 Å². The molecule has 2 aromatic rings. The number of aliphatic hydroxyl groups excluding tert-OH is 2. The van der Waals surface area contributed by atoms with E-state index in [0.29, 0.717) is 48.6 Å². The highest BCUT2D eigenvalue weighted by Crippen LogP contribution is 2.62. The van der Waals surface area contributed by atoms with Crippen molar-refractivity contribution in [3.05, 3.63) is 83.7 Å². The van der Waals surface area contributed by atoms with Gasteiger partial charge in [0.2, 0.25) is 5.79 Å². The standard InChI is InChI=1S/C43H59FN2O8/c1-7-21-46(41(49)50-6)38-27-36(45-54-42(3,4)5)33-25-29(15-11-13-22-47)32(17-12-14-23-48)39-34-26-31(51-28-30-16-9-10-18-35(30)44)19-20-37(34)53-43(38,40(33)39)52-24-8-2/h8-10,16,18-20,25-26,29,32,38-40,47-48H,2,7,11-15,17,21-24,27-28H2,1,3-6H3. The molecule has 6 atom stereocenters. The molecule has 3 aliphatic rings. The van der Waals surface area contributed by atoms with Crippen LogP contribution < -0.4 is 9.47 Å². The van der Waals surface area contributed by atoms with Crippen molar-refractivity contribution in [1.29, 1.82) is 0 Å². The summed E-state index contributed by atoms with van der Waals surface area (Å²) in [6, 6.07) is 11.6. The van der Waals surface area contributed by atoms with Crippen LogP contribution in [0.2, 0.25) is 0 Å². The average Bonchev–Trinajstić information content (AvgIpc) is 3.15. The van der Waals surface area contributed by atoms with E-state index in [1.807, 2.05) is 45.9 Å². The molecule has 0 bridgehead atoms. The number of hydrogen-bond acceptors (Lipinski definition) is 9. The van der Waals surface area contributed by atoms with E-state index >= 15 is 0 Å². The number of hydrogen-bond donors (Lipinski definition) is 2. The summed E-state index contributed by atoms with van der Waals surface area (Å²) in [7, 11) is 1.38. The van der Waals surface area contributed by atoms with Crippen LogP contribution in [0.25, 0.3) is 0 Å². The van der Waals surface area contributed by atoms with Gasteiger partial charge in [0.05, 0.1) is 25.3 Å². The molecule has 0 spiro atoms. The van der Waals surface area contributed by atoms with Gasteiger partial charge in [-0.05, 0) is 94.5 Å². The maximum Gasteiger partial charge on any atom is 0.409 e. The number of amides is 1. The number of ether oxygens (including phenoxy) is 4. The number of nitrogens with zero attached hydrogens (tertiary/aromatic N) is 2. The lowest BCUT2D eigenvalue weighted by Crippen LogP contribution is -2.70. The quantitative estimate of drug-likeness (QED) is 0.0888. The van der Waals surface area contributed by atoms with Gasteiger partial charge in [0.1, 0.15) is 35.6 Å². The van der Waals surface area contributed by atoms with Crippen LogP contribution in [-0.4, -0.2) is 77.8 Å². The van der Waals surface area contributed by atoms with Crippen LogP contribution in [0.4, 0.5) is 9.18 Å². The lowest BCUT2D eigenvalue weighted by molar-refractivity contribution is -0.255. The third-order valence-electron chi connectivity index (χ3n) is 10.7. The minimum absolute atomic E-state index is 0.0514. The second-order valence-corrected chi connectivity index (χ2v) is 15.5. The third-order valence-corrected chi connectivity index (χ3v) is 10.7. The second kappa shape index (κ2) is 18.6. The molecule has 0 aromatic heterocycles. The van der Waals surface area contributed by atoms with Gasteiger partial charge in [-0.1, -0.05) is 55.3 Å². The summed E-state index contributed by atoms with van der Waals surface area (Å²) in [4.78, 5) is 21.5. The van der Waals surface area contributed by atoms with Gasteiger partial charge in [-0.3, -0.25) is 4.90 Å². The molecule has 6 unspecified atom stereocenters. The minimum Gasteiger partial charge on any atom is -0.489 e. The molecule has 54 heavy (non-hydrogen) atoms. The van der Waals surface area contributed by atoms with Crippen molar-refractivity contribution in [2.75, 3.05) is 33.5 Å². The highest BCUT2D eigenvalue weighted by Gasteiger charge is 2.65. The first-order valence-corrected chi connectivity index (χ1v) is 19.5. The number of aliphatic hydroxyl groups is 2. The Morgan fingerprint density at radius 3 is 2.52 bits per heavy atom. The Bertz CT molecular complexity index is 1640. The number of fused-ring (bicyclic) bond motifs is 2. The van der Waals surface area contributed by atoms with Crippen LogP contribution >= 0.6 is 0 Å². The molecular formula is C43H59FN2O8. The second-order valence-electron chi connectivity index (χ2n) is 15.5. The molecule has 10 nitrogen and oxygen atoms in total. The fourth-order valence-corrected chi connectivity index (χ4v) is 8.44. The molecule has 5 rings (SSSR count). The first kappa shape index (κ1) is 41.2. The highest BCUT2D eigenvalue weighted by molar-refractivity contribution is 6.03. The predicted octanol–water partition coefficient (Wildman–Crippen LogP) is 8.32. The van der Waals surface area contributed by atoms with Crippen molar-refractivity contribution in [2.45, 2.75) is 109 Å². The number of rotatable bonds is 18.